The van der Waals surface area contributed by atoms with Crippen LogP contribution in [0.3, 0.4) is 0 Å². The van der Waals surface area contributed by atoms with Crippen LogP contribution in [0.15, 0.2) is 103 Å². The number of nitrogens with zero attached hydrogens (tertiary/aromatic N) is 1. The first kappa shape index (κ1) is 51.4. The van der Waals surface area contributed by atoms with Gasteiger partial charge < -0.3 is 9.47 Å². The third kappa shape index (κ3) is 21.3. The van der Waals surface area contributed by atoms with E-state index in [4.69, 9.17) is 9.47 Å². The maximum absolute atomic E-state index is 13.4. The monoisotopic (exact) mass is 859 g/mol. The zero-order valence-corrected chi connectivity index (χ0v) is 39.7. The van der Waals surface area contributed by atoms with Gasteiger partial charge in [-0.15, -0.1) is 0 Å². The fraction of sp³-hybridized carbons (Fsp3) is 0.569. The van der Waals surface area contributed by atoms with Crippen molar-refractivity contribution in [2.45, 2.75) is 200 Å². The van der Waals surface area contributed by atoms with Crippen molar-refractivity contribution in [3.63, 3.8) is 0 Å². The van der Waals surface area contributed by atoms with E-state index in [1.54, 1.807) is 0 Å². The van der Waals surface area contributed by atoms with Gasteiger partial charge in [0, 0.05) is 36.1 Å². The SMILES string of the molecule is CCCCCCCCCCCCCCCC(=O)OCC(COC(=O)CCCCCCCCCCCCCCC)[n+]1c(-c2ccccc2)cc(-c2ccccc2)cc1-c1ccccc1. The second kappa shape index (κ2) is 33.3. The summed E-state index contributed by atoms with van der Waals surface area (Å²) >= 11 is 0. The van der Waals surface area contributed by atoms with Gasteiger partial charge in [0.1, 0.15) is 0 Å². The summed E-state index contributed by atoms with van der Waals surface area (Å²) in [6, 6.07) is 35.2. The van der Waals surface area contributed by atoms with E-state index in [-0.39, 0.29) is 25.2 Å². The lowest BCUT2D eigenvalue weighted by atomic mass is 9.98. The normalized spacial score (nSPS) is 11.3. The molecule has 0 atom stereocenters. The van der Waals surface area contributed by atoms with Gasteiger partial charge in [-0.3, -0.25) is 9.59 Å². The summed E-state index contributed by atoms with van der Waals surface area (Å²) < 4.78 is 14.5. The van der Waals surface area contributed by atoms with Gasteiger partial charge in [-0.2, -0.15) is 4.57 Å². The Morgan fingerprint density at radius 1 is 0.381 bits per heavy atom. The van der Waals surface area contributed by atoms with Crippen LogP contribution in [0.4, 0.5) is 0 Å². The van der Waals surface area contributed by atoms with Crippen LogP contribution >= 0.6 is 0 Å². The second-order valence-electron chi connectivity index (χ2n) is 18.0. The maximum atomic E-state index is 13.4. The number of ether oxygens (including phenoxy) is 2. The standard InChI is InChI=1S/C58H84NO4/c1-3-5-7-9-11-13-15-17-19-21-23-25-36-44-57(60)62-48-54(49-63-58(61)45-37-26-24-22-20-18-16-14-12-10-8-6-4-2)59-55(51-40-32-28-33-41-51)46-53(50-38-30-27-31-39-50)47-56(59)52-42-34-29-35-43-52/h27-35,38-43,46-47,54H,3-26,36-37,44-45,48-49H2,1-2H3/q+1. The van der Waals surface area contributed by atoms with Crippen LogP contribution < -0.4 is 4.57 Å². The Labute approximate surface area is 383 Å². The molecule has 0 amide bonds. The lowest BCUT2D eigenvalue weighted by Gasteiger charge is -2.20. The quantitative estimate of drug-likeness (QED) is 0.0260. The predicted molar refractivity (Wildman–Crippen MR) is 265 cm³/mol. The lowest BCUT2D eigenvalue weighted by Crippen LogP contribution is -2.49. The molecule has 344 valence electrons. The predicted octanol–water partition coefficient (Wildman–Crippen LogP) is 16.6. The average molecular weight is 859 g/mol. The Morgan fingerprint density at radius 3 is 0.984 bits per heavy atom. The van der Waals surface area contributed by atoms with Crippen molar-refractivity contribution >= 4 is 11.9 Å². The number of carbonyl (C=O) groups is 2. The summed E-state index contributed by atoms with van der Waals surface area (Å²) in [6.45, 7) is 4.77. The van der Waals surface area contributed by atoms with Crippen LogP contribution in [0, 0.1) is 0 Å². The average Bonchev–Trinajstić information content (AvgIpc) is 3.32. The van der Waals surface area contributed by atoms with Gasteiger partial charge in [0.15, 0.2) is 13.2 Å². The molecule has 0 fully saturated rings. The molecule has 63 heavy (non-hydrogen) atoms. The summed E-state index contributed by atoms with van der Waals surface area (Å²) in [6.07, 6.45) is 33.6. The minimum absolute atomic E-state index is 0.109. The molecule has 4 rings (SSSR count). The molecule has 5 nitrogen and oxygen atoms in total. The Morgan fingerprint density at radius 2 is 0.667 bits per heavy atom. The molecule has 0 unspecified atom stereocenters. The molecule has 0 spiro atoms. The molecule has 0 N–H and O–H groups in total. The van der Waals surface area contributed by atoms with Crippen LogP contribution in [0.2, 0.25) is 0 Å². The van der Waals surface area contributed by atoms with Gasteiger partial charge in [0.05, 0.1) is 0 Å². The first-order valence-electron chi connectivity index (χ1n) is 25.7. The van der Waals surface area contributed by atoms with E-state index < -0.39 is 6.04 Å². The minimum atomic E-state index is -0.438. The van der Waals surface area contributed by atoms with Crippen molar-refractivity contribution in [3.05, 3.63) is 103 Å². The molecule has 0 aliphatic heterocycles. The summed E-state index contributed by atoms with van der Waals surface area (Å²) in [4.78, 5) is 26.8. The molecule has 3 aromatic carbocycles. The number of carbonyl (C=O) groups excluding carboxylic acids is 2. The molecule has 0 radical (unpaired) electrons. The maximum Gasteiger partial charge on any atom is 0.306 e. The molecule has 0 aliphatic rings. The van der Waals surface area contributed by atoms with Crippen molar-refractivity contribution in [1.29, 1.82) is 0 Å². The number of rotatable bonds is 36. The molecule has 5 heteroatoms. The summed E-state index contributed by atoms with van der Waals surface area (Å²) in [7, 11) is 0. The minimum Gasteiger partial charge on any atom is -0.458 e. The number of benzene rings is 3. The van der Waals surface area contributed by atoms with Crippen molar-refractivity contribution in [2.75, 3.05) is 13.2 Å². The Balaban J connectivity index is 1.39. The largest absolute Gasteiger partial charge is 0.458 e. The van der Waals surface area contributed by atoms with E-state index in [0.29, 0.717) is 12.8 Å². The smallest absolute Gasteiger partial charge is 0.306 e. The first-order valence-corrected chi connectivity index (χ1v) is 25.7. The highest BCUT2D eigenvalue weighted by atomic mass is 16.5. The molecular formula is C58H84NO4+. The highest BCUT2D eigenvalue weighted by Gasteiger charge is 2.32. The van der Waals surface area contributed by atoms with Crippen molar-refractivity contribution in [1.82, 2.24) is 0 Å². The number of aromatic nitrogens is 1. The molecule has 1 heterocycles. The number of hydrogen-bond donors (Lipinski definition) is 0. The molecule has 0 saturated carbocycles. The fourth-order valence-corrected chi connectivity index (χ4v) is 8.75. The third-order valence-corrected chi connectivity index (χ3v) is 12.6. The molecular weight excluding hydrogens is 775 g/mol. The van der Waals surface area contributed by atoms with Crippen LogP contribution in [-0.2, 0) is 19.1 Å². The van der Waals surface area contributed by atoms with Gasteiger partial charge in [-0.25, -0.2) is 0 Å². The van der Waals surface area contributed by atoms with Crippen LogP contribution in [0.25, 0.3) is 33.6 Å². The van der Waals surface area contributed by atoms with E-state index >= 15 is 0 Å². The third-order valence-electron chi connectivity index (χ3n) is 12.6. The Hall–Kier alpha value is -4.25. The number of esters is 2. The lowest BCUT2D eigenvalue weighted by molar-refractivity contribution is -0.705. The summed E-state index contributed by atoms with van der Waals surface area (Å²) in [5.74, 6) is -0.379. The zero-order chi connectivity index (χ0) is 44.4. The van der Waals surface area contributed by atoms with Gasteiger partial charge in [-0.1, -0.05) is 235 Å². The van der Waals surface area contributed by atoms with E-state index in [9.17, 15) is 9.59 Å². The number of pyridine rings is 1. The van der Waals surface area contributed by atoms with Gasteiger partial charge in [-0.05, 0) is 48.2 Å². The number of hydrogen-bond acceptors (Lipinski definition) is 4. The van der Waals surface area contributed by atoms with E-state index in [0.717, 1.165) is 72.2 Å². The molecule has 1 aromatic heterocycles. The van der Waals surface area contributed by atoms with E-state index in [2.05, 4.69) is 103 Å². The fourth-order valence-electron chi connectivity index (χ4n) is 8.75. The summed E-state index contributed by atoms with van der Waals surface area (Å²) in [5, 5.41) is 0. The first-order chi connectivity index (χ1) is 31.1. The Bertz CT molecular complexity index is 1650. The number of unbranched alkanes of at least 4 members (excludes halogenated alkanes) is 24. The topological polar surface area (TPSA) is 56.5 Å². The van der Waals surface area contributed by atoms with Crippen LogP contribution in [-0.4, -0.2) is 25.2 Å². The van der Waals surface area contributed by atoms with Crippen LogP contribution in [0.1, 0.15) is 200 Å². The van der Waals surface area contributed by atoms with Crippen molar-refractivity contribution in [2.24, 2.45) is 0 Å². The molecule has 0 aliphatic carbocycles. The highest BCUT2D eigenvalue weighted by Crippen LogP contribution is 2.31. The highest BCUT2D eigenvalue weighted by molar-refractivity contribution is 5.74. The molecule has 0 saturated heterocycles. The van der Waals surface area contributed by atoms with Crippen molar-refractivity contribution in [3.8, 4) is 33.6 Å². The van der Waals surface area contributed by atoms with E-state index in [1.807, 2.05) is 18.2 Å². The van der Waals surface area contributed by atoms with Crippen molar-refractivity contribution < 1.29 is 23.6 Å². The Kier molecular flexibility index (Phi) is 27.1. The zero-order valence-electron chi connectivity index (χ0n) is 39.7. The van der Waals surface area contributed by atoms with Crippen LogP contribution in [0.5, 0.6) is 0 Å². The summed E-state index contributed by atoms with van der Waals surface area (Å²) in [5.41, 5.74) is 6.22. The molecule has 4 aromatic rings. The second-order valence-corrected chi connectivity index (χ2v) is 18.0. The molecule has 0 bridgehead atoms. The van der Waals surface area contributed by atoms with Gasteiger partial charge in [0.25, 0.3) is 0 Å². The van der Waals surface area contributed by atoms with E-state index in [1.165, 1.54) is 128 Å². The van der Waals surface area contributed by atoms with Gasteiger partial charge >= 0.3 is 11.9 Å². The van der Waals surface area contributed by atoms with Gasteiger partial charge in [0.2, 0.25) is 17.4 Å².